The van der Waals surface area contributed by atoms with E-state index in [9.17, 15) is 4.79 Å². The lowest BCUT2D eigenvalue weighted by atomic mass is 9.97. The van der Waals surface area contributed by atoms with E-state index in [0.29, 0.717) is 12.3 Å². The van der Waals surface area contributed by atoms with Crippen molar-refractivity contribution in [3.8, 4) is 0 Å². The number of aldehydes is 1. The molecule has 14 heavy (non-hydrogen) atoms. The van der Waals surface area contributed by atoms with E-state index < -0.39 is 0 Å². The molecule has 0 aromatic heterocycles. The zero-order chi connectivity index (χ0) is 10.6. The van der Waals surface area contributed by atoms with E-state index in [1.54, 1.807) is 11.8 Å². The van der Waals surface area contributed by atoms with Crippen LogP contribution in [0.4, 0.5) is 0 Å². The van der Waals surface area contributed by atoms with Gasteiger partial charge in [-0.25, -0.2) is 0 Å². The van der Waals surface area contributed by atoms with Crippen LogP contribution in [0.25, 0.3) is 0 Å². The Morgan fingerprint density at radius 1 is 1.50 bits per heavy atom. The maximum Gasteiger partial charge on any atom is 0.120 e. The fraction of sp³-hybridized carbons (Fsp3) is 0.417. The third-order valence-electron chi connectivity index (χ3n) is 2.44. The van der Waals surface area contributed by atoms with Crippen molar-refractivity contribution < 1.29 is 4.79 Å². The number of hydrogen-bond donors (Lipinski definition) is 0. The Morgan fingerprint density at radius 2 is 2.21 bits per heavy atom. The molecule has 1 unspecified atom stereocenters. The van der Waals surface area contributed by atoms with Crippen molar-refractivity contribution in [3.63, 3.8) is 0 Å². The van der Waals surface area contributed by atoms with Gasteiger partial charge in [-0.1, -0.05) is 19.1 Å². The molecule has 0 N–H and O–H groups in total. The molecule has 76 valence electrons. The first-order valence-electron chi connectivity index (χ1n) is 4.77. The number of rotatable bonds is 4. The molecule has 0 spiro atoms. The summed E-state index contributed by atoms with van der Waals surface area (Å²) < 4.78 is 0. The van der Waals surface area contributed by atoms with Crippen LogP contribution in [-0.2, 0) is 4.79 Å². The van der Waals surface area contributed by atoms with Crippen molar-refractivity contribution in [2.45, 2.75) is 31.1 Å². The van der Waals surface area contributed by atoms with Gasteiger partial charge in [0.1, 0.15) is 6.29 Å². The fourth-order valence-corrected chi connectivity index (χ4v) is 2.07. The highest BCUT2D eigenvalue weighted by molar-refractivity contribution is 7.98. The summed E-state index contributed by atoms with van der Waals surface area (Å²) in [7, 11) is 0. The Morgan fingerprint density at radius 3 is 2.71 bits per heavy atom. The zero-order valence-electron chi connectivity index (χ0n) is 8.91. The van der Waals surface area contributed by atoms with Gasteiger partial charge in [-0.2, -0.15) is 0 Å². The first kappa shape index (κ1) is 11.3. The molecule has 1 rings (SSSR count). The zero-order valence-corrected chi connectivity index (χ0v) is 9.73. The molecule has 0 radical (unpaired) electrons. The third-order valence-corrected chi connectivity index (χ3v) is 3.34. The minimum absolute atomic E-state index is 0.335. The van der Waals surface area contributed by atoms with Gasteiger partial charge in [0.15, 0.2) is 0 Å². The maximum atomic E-state index is 10.4. The fourth-order valence-electron chi connectivity index (χ4n) is 1.49. The Balaban J connectivity index is 2.90. The molecular formula is C12H16OS. The summed E-state index contributed by atoms with van der Waals surface area (Å²) in [5, 5.41) is 0. The van der Waals surface area contributed by atoms with Crippen molar-refractivity contribution in [1.29, 1.82) is 0 Å². The lowest BCUT2D eigenvalue weighted by Gasteiger charge is -2.10. The van der Waals surface area contributed by atoms with Crippen molar-refractivity contribution in [2.75, 3.05) is 6.26 Å². The number of aryl methyl sites for hydroxylation is 1. The highest BCUT2D eigenvalue weighted by Gasteiger charge is 2.06. The summed E-state index contributed by atoms with van der Waals surface area (Å²) >= 11 is 1.76. The van der Waals surface area contributed by atoms with Gasteiger partial charge in [0.05, 0.1) is 0 Å². The SMILES string of the molecule is CSc1ccc(C(C)CC=O)cc1C. The lowest BCUT2D eigenvalue weighted by Crippen LogP contribution is -1.95. The van der Waals surface area contributed by atoms with Crippen LogP contribution >= 0.6 is 11.8 Å². The predicted octanol–water partition coefficient (Wildman–Crippen LogP) is 3.41. The molecule has 0 aliphatic rings. The van der Waals surface area contributed by atoms with Crippen LogP contribution in [0.2, 0.25) is 0 Å². The van der Waals surface area contributed by atoms with E-state index in [-0.39, 0.29) is 0 Å². The van der Waals surface area contributed by atoms with Gasteiger partial charge in [-0.15, -0.1) is 11.8 Å². The molecule has 0 amide bonds. The number of carbonyl (C=O) groups is 1. The average molecular weight is 208 g/mol. The van der Waals surface area contributed by atoms with Crippen LogP contribution in [0, 0.1) is 6.92 Å². The van der Waals surface area contributed by atoms with Gasteiger partial charge in [-0.3, -0.25) is 0 Å². The molecule has 0 saturated heterocycles. The van der Waals surface area contributed by atoms with Crippen molar-refractivity contribution in [3.05, 3.63) is 29.3 Å². The molecule has 0 aliphatic heterocycles. The minimum Gasteiger partial charge on any atom is -0.303 e. The van der Waals surface area contributed by atoms with Crippen LogP contribution < -0.4 is 0 Å². The third kappa shape index (κ3) is 2.61. The second kappa shape index (κ2) is 5.20. The monoisotopic (exact) mass is 208 g/mol. The van der Waals surface area contributed by atoms with Crippen LogP contribution in [0.15, 0.2) is 23.1 Å². The molecular weight excluding hydrogens is 192 g/mol. The van der Waals surface area contributed by atoms with E-state index in [1.807, 2.05) is 0 Å². The van der Waals surface area contributed by atoms with E-state index in [1.165, 1.54) is 16.0 Å². The van der Waals surface area contributed by atoms with E-state index in [0.717, 1.165) is 6.29 Å². The van der Waals surface area contributed by atoms with Gasteiger partial charge in [0.25, 0.3) is 0 Å². The Kier molecular flexibility index (Phi) is 4.21. The quantitative estimate of drug-likeness (QED) is 0.557. The van der Waals surface area contributed by atoms with E-state index in [2.05, 4.69) is 38.3 Å². The summed E-state index contributed by atoms with van der Waals surface area (Å²) in [6.07, 6.45) is 3.68. The van der Waals surface area contributed by atoms with E-state index in [4.69, 9.17) is 0 Å². The Labute approximate surface area is 89.9 Å². The van der Waals surface area contributed by atoms with Gasteiger partial charge < -0.3 is 4.79 Å². The largest absolute Gasteiger partial charge is 0.303 e. The highest BCUT2D eigenvalue weighted by atomic mass is 32.2. The van der Waals surface area contributed by atoms with E-state index >= 15 is 0 Å². The molecule has 0 fully saturated rings. The van der Waals surface area contributed by atoms with Crippen LogP contribution in [0.1, 0.15) is 30.4 Å². The lowest BCUT2D eigenvalue weighted by molar-refractivity contribution is -0.108. The molecule has 1 aromatic rings. The average Bonchev–Trinajstić information content (AvgIpc) is 2.18. The summed E-state index contributed by atoms with van der Waals surface area (Å²) in [4.78, 5) is 11.7. The maximum absolute atomic E-state index is 10.4. The van der Waals surface area contributed by atoms with Crippen molar-refractivity contribution in [2.24, 2.45) is 0 Å². The Bertz CT molecular complexity index is 320. The molecule has 1 nitrogen and oxygen atoms in total. The first-order chi connectivity index (χ1) is 6.69. The molecule has 0 saturated carbocycles. The van der Waals surface area contributed by atoms with Gasteiger partial charge >= 0.3 is 0 Å². The van der Waals surface area contributed by atoms with Crippen molar-refractivity contribution >= 4 is 18.0 Å². The molecule has 0 aliphatic carbocycles. The number of thioether (sulfide) groups is 1. The number of carbonyl (C=O) groups excluding carboxylic acids is 1. The summed E-state index contributed by atoms with van der Waals surface area (Å²) in [5.41, 5.74) is 2.56. The predicted molar refractivity (Wildman–Crippen MR) is 62.1 cm³/mol. The number of hydrogen-bond acceptors (Lipinski definition) is 2. The molecule has 0 heterocycles. The topological polar surface area (TPSA) is 17.1 Å². The normalized spacial score (nSPS) is 12.5. The van der Waals surface area contributed by atoms with Crippen LogP contribution in [0.5, 0.6) is 0 Å². The van der Waals surface area contributed by atoms with Crippen LogP contribution in [0.3, 0.4) is 0 Å². The number of benzene rings is 1. The summed E-state index contributed by atoms with van der Waals surface area (Å²) in [6.45, 7) is 4.20. The Hall–Kier alpha value is -0.760. The molecule has 1 atom stereocenters. The van der Waals surface area contributed by atoms with Gasteiger partial charge in [-0.05, 0) is 36.3 Å². The minimum atomic E-state index is 0.335. The van der Waals surface area contributed by atoms with Gasteiger partial charge in [0.2, 0.25) is 0 Å². The molecule has 2 heteroatoms. The summed E-state index contributed by atoms with van der Waals surface area (Å²) in [6, 6.07) is 6.43. The van der Waals surface area contributed by atoms with Crippen LogP contribution in [-0.4, -0.2) is 12.5 Å². The molecule has 0 bridgehead atoms. The first-order valence-corrected chi connectivity index (χ1v) is 5.99. The van der Waals surface area contributed by atoms with Crippen molar-refractivity contribution in [1.82, 2.24) is 0 Å². The standard InChI is InChI=1S/C12H16OS/c1-9(6-7-13)11-4-5-12(14-3)10(2)8-11/h4-5,7-9H,6H2,1-3H3. The second-order valence-electron chi connectivity index (χ2n) is 3.53. The second-order valence-corrected chi connectivity index (χ2v) is 4.38. The summed E-state index contributed by atoms with van der Waals surface area (Å²) in [5.74, 6) is 0.335. The highest BCUT2D eigenvalue weighted by Crippen LogP contribution is 2.25. The van der Waals surface area contributed by atoms with Gasteiger partial charge in [0, 0.05) is 11.3 Å². The molecule has 1 aromatic carbocycles. The smallest absolute Gasteiger partial charge is 0.120 e.